The van der Waals surface area contributed by atoms with E-state index in [1.54, 1.807) is 17.5 Å². The van der Waals surface area contributed by atoms with Gasteiger partial charge < -0.3 is 10.1 Å². The summed E-state index contributed by atoms with van der Waals surface area (Å²) >= 11 is 1.20. The number of ether oxygens (including phenoxy) is 1. The molecule has 1 saturated heterocycles. The first-order valence-corrected chi connectivity index (χ1v) is 8.57. The fourth-order valence-electron chi connectivity index (χ4n) is 2.97. The highest BCUT2D eigenvalue weighted by molar-refractivity contribution is 7.11. The molecule has 2 heterocycles. The summed E-state index contributed by atoms with van der Waals surface area (Å²) in [5.74, 6) is -1.82. The Balaban J connectivity index is 1.55. The van der Waals surface area contributed by atoms with E-state index in [1.165, 1.54) is 11.3 Å². The van der Waals surface area contributed by atoms with Crippen LogP contribution >= 0.6 is 11.3 Å². The van der Waals surface area contributed by atoms with E-state index >= 15 is 0 Å². The first-order valence-electron chi connectivity index (χ1n) is 7.69. The van der Waals surface area contributed by atoms with E-state index in [-0.39, 0.29) is 0 Å². The first kappa shape index (κ1) is 16.4. The third-order valence-corrected chi connectivity index (χ3v) is 5.01. The lowest BCUT2D eigenvalue weighted by atomic mass is 9.82. The summed E-state index contributed by atoms with van der Waals surface area (Å²) in [7, 11) is 0. The van der Waals surface area contributed by atoms with Crippen LogP contribution in [0.4, 0.5) is 4.79 Å². The lowest BCUT2D eigenvalue weighted by molar-refractivity contribution is -0.140. The zero-order valence-corrected chi connectivity index (χ0v) is 13.7. The number of carbonyl (C=O) groups excluding carboxylic acids is 4. The Kier molecular flexibility index (Phi) is 4.52. The van der Waals surface area contributed by atoms with Crippen molar-refractivity contribution in [3.8, 4) is 0 Å². The molecule has 8 nitrogen and oxygen atoms in total. The third kappa shape index (κ3) is 3.12. The summed E-state index contributed by atoms with van der Waals surface area (Å²) in [6.45, 7) is -0.569. The van der Waals surface area contributed by atoms with E-state index in [1.807, 2.05) is 0 Å². The lowest BCUT2D eigenvalue weighted by Gasteiger charge is -2.30. The Hall–Kier alpha value is -2.42. The molecule has 1 aliphatic heterocycles. The summed E-state index contributed by atoms with van der Waals surface area (Å²) < 4.78 is 4.86. The van der Waals surface area contributed by atoms with Crippen LogP contribution in [-0.2, 0) is 14.3 Å². The number of imide groups is 1. The predicted octanol–water partition coefficient (Wildman–Crippen LogP) is 1.19. The fourth-order valence-corrected chi connectivity index (χ4v) is 3.59. The number of hydrazine groups is 1. The Bertz CT molecular complexity index is 667. The van der Waals surface area contributed by atoms with Crippen LogP contribution in [0.25, 0.3) is 0 Å². The molecule has 1 aromatic heterocycles. The van der Waals surface area contributed by atoms with Gasteiger partial charge >= 0.3 is 12.0 Å². The second-order valence-electron chi connectivity index (χ2n) is 5.80. The largest absolute Gasteiger partial charge is 0.451 e. The number of urea groups is 1. The van der Waals surface area contributed by atoms with Crippen LogP contribution < -0.4 is 10.7 Å². The van der Waals surface area contributed by atoms with E-state index in [0.717, 1.165) is 19.3 Å². The number of esters is 1. The molecule has 0 aromatic carbocycles. The molecule has 2 aliphatic rings. The topological polar surface area (TPSA) is 105 Å². The van der Waals surface area contributed by atoms with Crippen molar-refractivity contribution in [2.24, 2.45) is 0 Å². The van der Waals surface area contributed by atoms with Gasteiger partial charge in [-0.2, -0.15) is 5.01 Å². The Morgan fingerprint density at radius 2 is 2.04 bits per heavy atom. The number of hydrogen-bond acceptors (Lipinski definition) is 6. The van der Waals surface area contributed by atoms with Crippen molar-refractivity contribution in [2.45, 2.75) is 37.6 Å². The second-order valence-corrected chi connectivity index (χ2v) is 6.75. The molecular formula is C15H17N3O5S. The minimum atomic E-state index is -0.906. The molecule has 2 fully saturated rings. The van der Waals surface area contributed by atoms with Crippen molar-refractivity contribution in [1.82, 2.24) is 15.8 Å². The van der Waals surface area contributed by atoms with Crippen LogP contribution in [0.2, 0.25) is 0 Å². The van der Waals surface area contributed by atoms with Crippen LogP contribution in [0, 0.1) is 0 Å². The SMILES string of the molecule is O=C(COC(=O)c1cccs1)NN1C(=O)NC2(CCCCC2)C1=O. The molecule has 1 aliphatic carbocycles. The quantitative estimate of drug-likeness (QED) is 0.626. The van der Waals surface area contributed by atoms with E-state index in [9.17, 15) is 19.2 Å². The number of hydrogen-bond donors (Lipinski definition) is 2. The zero-order chi connectivity index (χ0) is 17.2. The molecular weight excluding hydrogens is 334 g/mol. The van der Waals surface area contributed by atoms with E-state index < -0.39 is 36.0 Å². The highest BCUT2D eigenvalue weighted by atomic mass is 32.1. The molecule has 0 unspecified atom stereocenters. The number of thiophene rings is 1. The zero-order valence-electron chi connectivity index (χ0n) is 12.9. The fraction of sp³-hybridized carbons (Fsp3) is 0.467. The van der Waals surface area contributed by atoms with Gasteiger partial charge in [-0.15, -0.1) is 11.3 Å². The predicted molar refractivity (Wildman–Crippen MR) is 83.9 cm³/mol. The normalized spacial score (nSPS) is 19.2. The summed E-state index contributed by atoms with van der Waals surface area (Å²) in [6, 6.07) is 2.62. The van der Waals surface area contributed by atoms with Crippen molar-refractivity contribution in [3.63, 3.8) is 0 Å². The first-order chi connectivity index (χ1) is 11.5. The highest BCUT2D eigenvalue weighted by Gasteiger charge is 2.52. The van der Waals surface area contributed by atoms with Crippen molar-refractivity contribution in [2.75, 3.05) is 6.61 Å². The van der Waals surface area contributed by atoms with Gasteiger partial charge in [0.25, 0.3) is 11.8 Å². The van der Waals surface area contributed by atoms with Crippen molar-refractivity contribution >= 4 is 35.2 Å². The number of nitrogens with one attached hydrogen (secondary N) is 2. The highest BCUT2D eigenvalue weighted by Crippen LogP contribution is 2.32. The van der Waals surface area contributed by atoms with E-state index in [4.69, 9.17) is 4.74 Å². The minimum Gasteiger partial charge on any atom is -0.451 e. The van der Waals surface area contributed by atoms with Gasteiger partial charge in [0.05, 0.1) is 0 Å². The van der Waals surface area contributed by atoms with Crippen molar-refractivity contribution < 1.29 is 23.9 Å². The standard InChI is InChI=1S/C15H17N3O5S/c19-11(9-23-12(20)10-5-4-8-24-10)17-18-13(21)15(16-14(18)22)6-2-1-3-7-15/h4-5,8H,1-3,6-7,9H2,(H,16,22)(H,17,19). The van der Waals surface area contributed by atoms with Gasteiger partial charge in [0, 0.05) is 0 Å². The smallest absolute Gasteiger partial charge is 0.348 e. The molecule has 128 valence electrons. The lowest BCUT2D eigenvalue weighted by Crippen LogP contribution is -2.51. The van der Waals surface area contributed by atoms with Gasteiger partial charge in [0.1, 0.15) is 10.4 Å². The van der Waals surface area contributed by atoms with Crippen LogP contribution in [0.1, 0.15) is 41.8 Å². The Morgan fingerprint density at radius 1 is 1.29 bits per heavy atom. The summed E-state index contributed by atoms with van der Waals surface area (Å²) in [6.07, 6.45) is 3.86. The summed E-state index contributed by atoms with van der Waals surface area (Å²) in [4.78, 5) is 48.4. The minimum absolute atomic E-state index is 0.374. The molecule has 24 heavy (non-hydrogen) atoms. The third-order valence-electron chi connectivity index (χ3n) is 4.16. The average molecular weight is 351 g/mol. The van der Waals surface area contributed by atoms with E-state index in [2.05, 4.69) is 10.7 Å². The number of amides is 4. The van der Waals surface area contributed by atoms with Gasteiger partial charge in [-0.25, -0.2) is 9.59 Å². The number of rotatable bonds is 4. The molecule has 0 radical (unpaired) electrons. The summed E-state index contributed by atoms with van der Waals surface area (Å²) in [5.41, 5.74) is 1.30. The van der Waals surface area contributed by atoms with E-state index in [0.29, 0.717) is 22.7 Å². The maximum atomic E-state index is 12.5. The average Bonchev–Trinajstić information content (AvgIpc) is 3.18. The van der Waals surface area contributed by atoms with Crippen LogP contribution in [0.3, 0.4) is 0 Å². The van der Waals surface area contributed by atoms with Gasteiger partial charge in [-0.05, 0) is 24.3 Å². The number of nitrogens with zero attached hydrogens (tertiary/aromatic N) is 1. The van der Waals surface area contributed by atoms with Gasteiger partial charge in [0.15, 0.2) is 6.61 Å². The second kappa shape index (κ2) is 6.60. The molecule has 3 rings (SSSR count). The van der Waals surface area contributed by atoms with Gasteiger partial charge in [0.2, 0.25) is 0 Å². The monoisotopic (exact) mass is 351 g/mol. The van der Waals surface area contributed by atoms with Gasteiger partial charge in [-0.3, -0.25) is 15.0 Å². The maximum absolute atomic E-state index is 12.5. The molecule has 0 atom stereocenters. The molecule has 1 aromatic rings. The molecule has 9 heteroatoms. The van der Waals surface area contributed by atoms with Crippen LogP contribution in [0.5, 0.6) is 0 Å². The molecule has 1 saturated carbocycles. The molecule has 4 amide bonds. The number of carbonyl (C=O) groups is 4. The Labute approximate surface area is 142 Å². The van der Waals surface area contributed by atoms with Gasteiger partial charge in [-0.1, -0.05) is 25.3 Å². The van der Waals surface area contributed by atoms with Crippen LogP contribution in [-0.4, -0.2) is 41.0 Å². The molecule has 2 N–H and O–H groups in total. The summed E-state index contributed by atoms with van der Waals surface area (Å²) in [5, 5.41) is 5.08. The van der Waals surface area contributed by atoms with Crippen molar-refractivity contribution in [3.05, 3.63) is 22.4 Å². The van der Waals surface area contributed by atoms with Crippen LogP contribution in [0.15, 0.2) is 17.5 Å². The van der Waals surface area contributed by atoms with Crippen molar-refractivity contribution in [1.29, 1.82) is 0 Å². The Morgan fingerprint density at radius 3 is 2.71 bits per heavy atom. The molecule has 1 spiro atoms. The molecule has 0 bridgehead atoms. The maximum Gasteiger partial charge on any atom is 0.348 e.